The SMILES string of the molecule is COCCNCc1ccnn1Cc1ccc(Cl)c(Cl)c1. The third kappa shape index (κ3) is 4.21. The van der Waals surface area contributed by atoms with Crippen molar-refractivity contribution in [1.29, 1.82) is 0 Å². The molecule has 6 heteroatoms. The average Bonchev–Trinajstić information content (AvgIpc) is 2.86. The molecule has 1 heterocycles. The van der Waals surface area contributed by atoms with E-state index in [1.807, 2.05) is 22.9 Å². The van der Waals surface area contributed by atoms with Gasteiger partial charge in [0.25, 0.3) is 0 Å². The van der Waals surface area contributed by atoms with Gasteiger partial charge in [-0.2, -0.15) is 5.10 Å². The minimum absolute atomic E-state index is 0.566. The van der Waals surface area contributed by atoms with Gasteiger partial charge in [0.05, 0.1) is 28.9 Å². The molecule has 2 aromatic rings. The lowest BCUT2D eigenvalue weighted by Gasteiger charge is -2.09. The van der Waals surface area contributed by atoms with E-state index >= 15 is 0 Å². The molecule has 2 rings (SSSR count). The number of halogens is 2. The second-order valence-electron chi connectivity index (χ2n) is 4.40. The molecule has 1 aromatic carbocycles. The Bertz CT molecular complexity index is 557. The topological polar surface area (TPSA) is 39.1 Å². The number of benzene rings is 1. The van der Waals surface area contributed by atoms with E-state index in [2.05, 4.69) is 10.4 Å². The van der Waals surface area contributed by atoms with Crippen LogP contribution >= 0.6 is 23.2 Å². The highest BCUT2D eigenvalue weighted by Crippen LogP contribution is 2.23. The van der Waals surface area contributed by atoms with Crippen molar-refractivity contribution in [3.8, 4) is 0 Å². The number of rotatable bonds is 7. The molecule has 0 amide bonds. The summed E-state index contributed by atoms with van der Waals surface area (Å²) in [5.74, 6) is 0. The van der Waals surface area contributed by atoms with E-state index in [9.17, 15) is 0 Å². The van der Waals surface area contributed by atoms with Gasteiger partial charge in [0, 0.05) is 26.4 Å². The molecule has 0 bridgehead atoms. The van der Waals surface area contributed by atoms with Crippen LogP contribution in [0.5, 0.6) is 0 Å². The smallest absolute Gasteiger partial charge is 0.0663 e. The summed E-state index contributed by atoms with van der Waals surface area (Å²) in [6.45, 7) is 2.94. The predicted molar refractivity (Wildman–Crippen MR) is 81.4 cm³/mol. The summed E-state index contributed by atoms with van der Waals surface area (Å²) in [5, 5.41) is 8.77. The molecule has 1 aromatic heterocycles. The van der Waals surface area contributed by atoms with Crippen molar-refractivity contribution in [2.45, 2.75) is 13.1 Å². The molecule has 20 heavy (non-hydrogen) atoms. The molecule has 0 saturated carbocycles. The number of nitrogens with zero attached hydrogens (tertiary/aromatic N) is 2. The maximum Gasteiger partial charge on any atom is 0.0663 e. The maximum absolute atomic E-state index is 6.02. The first-order chi connectivity index (χ1) is 9.70. The van der Waals surface area contributed by atoms with Crippen LogP contribution in [0.2, 0.25) is 10.0 Å². The summed E-state index contributed by atoms with van der Waals surface area (Å²) in [7, 11) is 1.69. The van der Waals surface area contributed by atoms with Gasteiger partial charge in [-0.25, -0.2) is 0 Å². The van der Waals surface area contributed by atoms with Gasteiger partial charge in [-0.3, -0.25) is 4.68 Å². The van der Waals surface area contributed by atoms with E-state index in [4.69, 9.17) is 27.9 Å². The van der Waals surface area contributed by atoms with Crippen molar-refractivity contribution in [1.82, 2.24) is 15.1 Å². The van der Waals surface area contributed by atoms with Gasteiger partial charge in [-0.1, -0.05) is 29.3 Å². The number of hydrogen-bond acceptors (Lipinski definition) is 3. The van der Waals surface area contributed by atoms with Gasteiger partial charge in [0.15, 0.2) is 0 Å². The third-order valence-corrected chi connectivity index (χ3v) is 3.65. The Morgan fingerprint density at radius 1 is 1.25 bits per heavy atom. The van der Waals surface area contributed by atoms with Gasteiger partial charge in [0.1, 0.15) is 0 Å². The highest BCUT2D eigenvalue weighted by Gasteiger charge is 2.05. The zero-order chi connectivity index (χ0) is 14.4. The third-order valence-electron chi connectivity index (χ3n) is 2.91. The van der Waals surface area contributed by atoms with Crippen molar-refractivity contribution >= 4 is 23.2 Å². The molecule has 0 aliphatic rings. The normalized spacial score (nSPS) is 10.9. The molecular weight excluding hydrogens is 297 g/mol. The molecule has 0 atom stereocenters. The average molecular weight is 314 g/mol. The summed E-state index contributed by atoms with van der Waals surface area (Å²) < 4.78 is 6.94. The Kier molecular flexibility index (Phi) is 5.86. The highest BCUT2D eigenvalue weighted by atomic mass is 35.5. The van der Waals surface area contributed by atoms with Gasteiger partial charge < -0.3 is 10.1 Å². The number of ether oxygens (including phenoxy) is 1. The molecule has 4 nitrogen and oxygen atoms in total. The molecule has 0 fully saturated rings. The number of nitrogens with one attached hydrogen (secondary N) is 1. The molecule has 0 spiro atoms. The molecule has 0 radical (unpaired) electrons. The Hall–Kier alpha value is -1.07. The molecular formula is C14H17Cl2N3O. The number of hydrogen-bond donors (Lipinski definition) is 1. The van der Waals surface area contributed by atoms with Crippen LogP contribution in [0.1, 0.15) is 11.3 Å². The molecule has 0 aliphatic heterocycles. The Morgan fingerprint density at radius 3 is 2.85 bits per heavy atom. The van der Waals surface area contributed by atoms with Crippen LogP contribution in [-0.2, 0) is 17.8 Å². The van der Waals surface area contributed by atoms with E-state index in [-0.39, 0.29) is 0 Å². The molecule has 0 saturated heterocycles. The van der Waals surface area contributed by atoms with Gasteiger partial charge in [-0.05, 0) is 23.8 Å². The van der Waals surface area contributed by atoms with Gasteiger partial charge >= 0.3 is 0 Å². The largest absolute Gasteiger partial charge is 0.383 e. The summed E-state index contributed by atoms with van der Waals surface area (Å²) in [6, 6.07) is 7.63. The van der Waals surface area contributed by atoms with Crippen molar-refractivity contribution < 1.29 is 4.74 Å². The van der Waals surface area contributed by atoms with Crippen molar-refractivity contribution in [2.24, 2.45) is 0 Å². The second kappa shape index (κ2) is 7.64. The Balaban J connectivity index is 1.99. The van der Waals surface area contributed by atoms with Gasteiger partial charge in [0.2, 0.25) is 0 Å². The monoisotopic (exact) mass is 313 g/mol. The van der Waals surface area contributed by atoms with Gasteiger partial charge in [-0.15, -0.1) is 0 Å². The maximum atomic E-state index is 6.02. The summed E-state index contributed by atoms with van der Waals surface area (Å²) in [5.41, 5.74) is 2.19. The zero-order valence-electron chi connectivity index (χ0n) is 11.3. The van der Waals surface area contributed by atoms with E-state index < -0.39 is 0 Å². The lowest BCUT2D eigenvalue weighted by atomic mass is 10.2. The van der Waals surface area contributed by atoms with Crippen molar-refractivity contribution in [3.63, 3.8) is 0 Å². The molecule has 1 N–H and O–H groups in total. The first-order valence-electron chi connectivity index (χ1n) is 6.35. The van der Waals surface area contributed by atoms with Crippen molar-refractivity contribution in [3.05, 3.63) is 51.8 Å². The highest BCUT2D eigenvalue weighted by molar-refractivity contribution is 6.42. The first kappa shape index (κ1) is 15.3. The van der Waals surface area contributed by atoms with E-state index in [0.717, 1.165) is 24.3 Å². The van der Waals surface area contributed by atoms with E-state index in [1.165, 1.54) is 0 Å². The summed E-state index contributed by atoms with van der Waals surface area (Å²) in [6.07, 6.45) is 1.80. The van der Waals surface area contributed by atoms with Crippen LogP contribution in [0.25, 0.3) is 0 Å². The summed E-state index contributed by atoms with van der Waals surface area (Å²) >= 11 is 11.9. The number of methoxy groups -OCH3 is 1. The van der Waals surface area contributed by atoms with Crippen LogP contribution in [0.3, 0.4) is 0 Å². The lowest BCUT2D eigenvalue weighted by Crippen LogP contribution is -2.21. The van der Waals surface area contributed by atoms with E-state index in [0.29, 0.717) is 23.2 Å². The summed E-state index contributed by atoms with van der Waals surface area (Å²) in [4.78, 5) is 0. The van der Waals surface area contributed by atoms with Crippen LogP contribution in [0, 0.1) is 0 Å². The van der Waals surface area contributed by atoms with Crippen LogP contribution in [-0.4, -0.2) is 30.0 Å². The lowest BCUT2D eigenvalue weighted by molar-refractivity contribution is 0.199. The van der Waals surface area contributed by atoms with Crippen LogP contribution in [0.4, 0.5) is 0 Å². The minimum Gasteiger partial charge on any atom is -0.383 e. The Labute approximate surface area is 128 Å². The molecule has 0 unspecified atom stereocenters. The second-order valence-corrected chi connectivity index (χ2v) is 5.21. The fraction of sp³-hybridized carbons (Fsp3) is 0.357. The quantitative estimate of drug-likeness (QED) is 0.799. The minimum atomic E-state index is 0.566. The fourth-order valence-electron chi connectivity index (χ4n) is 1.85. The molecule has 108 valence electrons. The molecule has 0 aliphatic carbocycles. The zero-order valence-corrected chi connectivity index (χ0v) is 12.8. The Morgan fingerprint density at radius 2 is 2.10 bits per heavy atom. The standard InChI is InChI=1S/C14H17Cl2N3O/c1-20-7-6-17-9-12-4-5-18-19(12)10-11-2-3-13(15)14(16)8-11/h2-5,8,17H,6-7,9-10H2,1H3. The predicted octanol–water partition coefficient (Wildman–Crippen LogP) is 2.97. The van der Waals surface area contributed by atoms with Crippen LogP contribution < -0.4 is 5.32 Å². The number of aromatic nitrogens is 2. The van der Waals surface area contributed by atoms with Crippen LogP contribution in [0.15, 0.2) is 30.5 Å². The first-order valence-corrected chi connectivity index (χ1v) is 7.10. The van der Waals surface area contributed by atoms with Crippen molar-refractivity contribution in [2.75, 3.05) is 20.3 Å². The van der Waals surface area contributed by atoms with E-state index in [1.54, 1.807) is 19.4 Å². The fourth-order valence-corrected chi connectivity index (χ4v) is 2.17.